The highest BCUT2D eigenvalue weighted by atomic mass is 32.2. The van der Waals surface area contributed by atoms with Gasteiger partial charge in [-0.3, -0.25) is 4.79 Å². The molecule has 0 aromatic heterocycles. The molecule has 31 heavy (non-hydrogen) atoms. The van der Waals surface area contributed by atoms with Gasteiger partial charge in [-0.15, -0.1) is 0 Å². The van der Waals surface area contributed by atoms with Gasteiger partial charge in [0.2, 0.25) is 15.9 Å². The number of anilines is 1. The van der Waals surface area contributed by atoms with Crippen LogP contribution in [0.4, 0.5) is 5.69 Å². The zero-order valence-corrected chi connectivity index (χ0v) is 18.9. The first-order valence-electron chi connectivity index (χ1n) is 11.1. The molecule has 6 nitrogen and oxygen atoms in total. The van der Waals surface area contributed by atoms with Crippen molar-refractivity contribution in [2.45, 2.75) is 37.5 Å². The average Bonchev–Trinajstić information content (AvgIpc) is 3.20. The van der Waals surface area contributed by atoms with Crippen LogP contribution in [0.15, 0.2) is 53.4 Å². The van der Waals surface area contributed by atoms with Crippen molar-refractivity contribution in [2.24, 2.45) is 5.92 Å². The second kappa shape index (κ2) is 9.40. The van der Waals surface area contributed by atoms with E-state index in [1.54, 1.807) is 24.3 Å². The molecule has 2 aromatic rings. The summed E-state index contributed by atoms with van der Waals surface area (Å²) in [5.74, 6) is -0.327. The number of nitrogens with zero attached hydrogens (tertiary/aromatic N) is 2. The standard InChI is InChI=1S/C24H31N3O3S/c1-19-9-11-22(12-10-19)31(29,30)27-16-4-7-21(18-27)24(28)25-14-5-15-26-17-13-20-6-2-3-8-23(20)26/h2-3,6,8-12,21H,4-5,7,13-18H2,1H3,(H,25,28). The number of piperidine rings is 1. The lowest BCUT2D eigenvalue weighted by molar-refractivity contribution is -0.126. The second-order valence-corrected chi connectivity index (χ2v) is 10.5. The molecule has 4 rings (SSSR count). The lowest BCUT2D eigenvalue weighted by Crippen LogP contribution is -2.45. The van der Waals surface area contributed by atoms with Crippen LogP contribution in [0.3, 0.4) is 0 Å². The Balaban J connectivity index is 1.27. The second-order valence-electron chi connectivity index (χ2n) is 8.53. The Morgan fingerprint density at radius 2 is 1.87 bits per heavy atom. The third-order valence-corrected chi connectivity index (χ3v) is 8.18. The zero-order chi connectivity index (χ0) is 21.8. The SMILES string of the molecule is Cc1ccc(S(=O)(=O)N2CCCC(C(=O)NCCCN3CCc4ccccc43)C2)cc1. The third-order valence-electron chi connectivity index (χ3n) is 6.30. The predicted octanol–water partition coefficient (Wildman–Crippen LogP) is 2.96. The fraction of sp³-hybridized carbons (Fsp3) is 0.458. The molecule has 0 aliphatic carbocycles. The van der Waals surface area contributed by atoms with E-state index < -0.39 is 10.0 Å². The Labute approximate surface area is 185 Å². The Kier molecular flexibility index (Phi) is 6.62. The van der Waals surface area contributed by atoms with E-state index in [9.17, 15) is 13.2 Å². The molecule has 1 unspecified atom stereocenters. The molecule has 1 N–H and O–H groups in total. The van der Waals surface area contributed by atoms with Gasteiger partial charge in [-0.2, -0.15) is 4.31 Å². The molecule has 2 aromatic carbocycles. The summed E-state index contributed by atoms with van der Waals surface area (Å²) in [6.07, 6.45) is 3.38. The molecule has 0 radical (unpaired) electrons. The molecule has 2 aliphatic rings. The maximum atomic E-state index is 13.0. The van der Waals surface area contributed by atoms with Crippen molar-refractivity contribution in [3.05, 3.63) is 59.7 Å². The van der Waals surface area contributed by atoms with E-state index in [1.165, 1.54) is 15.6 Å². The van der Waals surface area contributed by atoms with Crippen LogP contribution < -0.4 is 10.2 Å². The summed E-state index contributed by atoms with van der Waals surface area (Å²) in [7, 11) is -3.56. The van der Waals surface area contributed by atoms with E-state index in [1.807, 2.05) is 6.92 Å². The minimum atomic E-state index is -3.56. The van der Waals surface area contributed by atoms with Gasteiger partial charge in [-0.1, -0.05) is 35.9 Å². The molecule has 1 atom stereocenters. The Bertz CT molecular complexity index is 1020. The highest BCUT2D eigenvalue weighted by molar-refractivity contribution is 7.89. The summed E-state index contributed by atoms with van der Waals surface area (Å²) in [6.45, 7) is 5.20. The Hall–Kier alpha value is -2.38. The molecule has 1 saturated heterocycles. The van der Waals surface area contributed by atoms with Crippen molar-refractivity contribution in [2.75, 3.05) is 37.6 Å². The number of carbonyl (C=O) groups is 1. The van der Waals surface area contributed by atoms with Crippen molar-refractivity contribution in [3.63, 3.8) is 0 Å². The number of benzene rings is 2. The van der Waals surface area contributed by atoms with E-state index in [-0.39, 0.29) is 18.4 Å². The van der Waals surface area contributed by atoms with Crippen LogP contribution in [0.5, 0.6) is 0 Å². The molecule has 0 bridgehead atoms. The first kappa shape index (κ1) is 21.8. The number of rotatable bonds is 7. The van der Waals surface area contributed by atoms with E-state index in [2.05, 4.69) is 34.5 Å². The van der Waals surface area contributed by atoms with Gasteiger partial charge in [0.05, 0.1) is 10.8 Å². The normalized spacial score (nSPS) is 19.3. The van der Waals surface area contributed by atoms with Crippen molar-refractivity contribution < 1.29 is 13.2 Å². The quantitative estimate of drug-likeness (QED) is 0.671. The number of amides is 1. The Morgan fingerprint density at radius 1 is 1.10 bits per heavy atom. The Morgan fingerprint density at radius 3 is 2.68 bits per heavy atom. The number of nitrogens with one attached hydrogen (secondary N) is 1. The number of hydrogen-bond acceptors (Lipinski definition) is 4. The van der Waals surface area contributed by atoms with Crippen molar-refractivity contribution in [1.82, 2.24) is 9.62 Å². The highest BCUT2D eigenvalue weighted by Gasteiger charge is 2.33. The topological polar surface area (TPSA) is 69.7 Å². The lowest BCUT2D eigenvalue weighted by atomic mass is 9.99. The van der Waals surface area contributed by atoms with Crippen LogP contribution in [0, 0.1) is 12.8 Å². The third kappa shape index (κ3) is 4.93. The van der Waals surface area contributed by atoms with E-state index in [0.29, 0.717) is 24.4 Å². The first-order chi connectivity index (χ1) is 14.9. The van der Waals surface area contributed by atoms with E-state index in [0.717, 1.165) is 37.9 Å². The molecule has 0 saturated carbocycles. The fourth-order valence-corrected chi connectivity index (χ4v) is 6.02. The van der Waals surface area contributed by atoms with Crippen LogP contribution in [0.25, 0.3) is 0 Å². The molecule has 7 heteroatoms. The maximum absolute atomic E-state index is 13.0. The van der Waals surface area contributed by atoms with Crippen molar-refractivity contribution in [3.8, 4) is 0 Å². The van der Waals surface area contributed by atoms with Crippen molar-refractivity contribution in [1.29, 1.82) is 0 Å². The predicted molar refractivity (Wildman–Crippen MR) is 123 cm³/mol. The summed E-state index contributed by atoms with van der Waals surface area (Å²) in [5.41, 5.74) is 3.72. The number of carbonyl (C=O) groups excluding carboxylic acids is 1. The maximum Gasteiger partial charge on any atom is 0.243 e. The van der Waals surface area contributed by atoms with Crippen LogP contribution in [-0.2, 0) is 21.2 Å². The van der Waals surface area contributed by atoms with Crippen LogP contribution in [0.2, 0.25) is 0 Å². The minimum Gasteiger partial charge on any atom is -0.371 e. The summed E-state index contributed by atoms with van der Waals surface area (Å²) in [6, 6.07) is 15.4. The van der Waals surface area contributed by atoms with E-state index >= 15 is 0 Å². The van der Waals surface area contributed by atoms with Gasteiger partial charge in [0.15, 0.2) is 0 Å². The number of para-hydroxylation sites is 1. The number of sulfonamides is 1. The van der Waals surface area contributed by atoms with Crippen LogP contribution in [0.1, 0.15) is 30.4 Å². The zero-order valence-electron chi connectivity index (χ0n) is 18.1. The first-order valence-corrected chi connectivity index (χ1v) is 12.6. The molecular weight excluding hydrogens is 410 g/mol. The molecular formula is C24H31N3O3S. The van der Waals surface area contributed by atoms with E-state index in [4.69, 9.17) is 0 Å². The van der Waals surface area contributed by atoms with Gasteiger partial charge in [0, 0.05) is 38.4 Å². The highest BCUT2D eigenvalue weighted by Crippen LogP contribution is 2.27. The molecule has 2 aliphatic heterocycles. The van der Waals surface area contributed by atoms with Gasteiger partial charge in [-0.05, 0) is 56.4 Å². The van der Waals surface area contributed by atoms with Gasteiger partial charge in [0.1, 0.15) is 0 Å². The summed E-state index contributed by atoms with van der Waals surface area (Å²) < 4.78 is 27.4. The monoisotopic (exact) mass is 441 g/mol. The average molecular weight is 442 g/mol. The number of hydrogen-bond donors (Lipinski definition) is 1. The van der Waals surface area contributed by atoms with Crippen LogP contribution >= 0.6 is 0 Å². The summed E-state index contributed by atoms with van der Waals surface area (Å²) in [5, 5.41) is 3.03. The van der Waals surface area contributed by atoms with Crippen LogP contribution in [-0.4, -0.2) is 51.4 Å². The summed E-state index contributed by atoms with van der Waals surface area (Å²) >= 11 is 0. The number of aryl methyl sites for hydroxylation is 1. The molecule has 166 valence electrons. The van der Waals surface area contributed by atoms with Gasteiger partial charge in [-0.25, -0.2) is 8.42 Å². The fourth-order valence-electron chi connectivity index (χ4n) is 4.50. The molecule has 1 amide bonds. The smallest absolute Gasteiger partial charge is 0.243 e. The summed E-state index contributed by atoms with van der Waals surface area (Å²) in [4.78, 5) is 15.4. The molecule has 0 spiro atoms. The van der Waals surface area contributed by atoms with Gasteiger partial charge >= 0.3 is 0 Å². The van der Waals surface area contributed by atoms with Gasteiger partial charge < -0.3 is 10.2 Å². The largest absolute Gasteiger partial charge is 0.371 e. The molecule has 2 heterocycles. The molecule has 1 fully saturated rings. The number of fused-ring (bicyclic) bond motifs is 1. The van der Waals surface area contributed by atoms with Gasteiger partial charge in [0.25, 0.3) is 0 Å². The lowest BCUT2D eigenvalue weighted by Gasteiger charge is -2.31. The minimum absolute atomic E-state index is 0.0365. The van der Waals surface area contributed by atoms with Crippen molar-refractivity contribution >= 4 is 21.6 Å².